The molecule has 2 aromatic rings. The smallest absolute Gasteiger partial charge is 0.296 e. The fourth-order valence-corrected chi connectivity index (χ4v) is 2.51. The summed E-state index contributed by atoms with van der Waals surface area (Å²) in [7, 11) is 1.69. The monoisotopic (exact) mass is 278 g/mol. The summed E-state index contributed by atoms with van der Waals surface area (Å²) in [5, 5.41) is 6.78. The Bertz CT molecular complexity index is 713. The number of halogens is 1. The summed E-state index contributed by atoms with van der Waals surface area (Å²) in [5.41, 5.74) is 0.380. The number of benzene rings is 1. The standard InChI is InChI=1S/C11H7FN4O2S/c1-16-11(13-4-14-16)19-8-3-7-5(2-6(8)12)9(17)10(18)15-7/h2-4H,1H3,(H,15,17,18). The van der Waals surface area contributed by atoms with Crippen molar-refractivity contribution in [3.05, 3.63) is 29.8 Å². The first-order valence-corrected chi connectivity index (χ1v) is 6.09. The molecule has 0 spiro atoms. The van der Waals surface area contributed by atoms with E-state index in [2.05, 4.69) is 15.4 Å². The number of anilines is 1. The van der Waals surface area contributed by atoms with E-state index in [1.165, 1.54) is 17.1 Å². The van der Waals surface area contributed by atoms with Gasteiger partial charge in [-0.05, 0) is 23.9 Å². The zero-order valence-electron chi connectivity index (χ0n) is 9.68. The van der Waals surface area contributed by atoms with Crippen LogP contribution in [0.2, 0.25) is 0 Å². The van der Waals surface area contributed by atoms with Crippen molar-refractivity contribution in [3.63, 3.8) is 0 Å². The molecule has 1 aromatic heterocycles. The summed E-state index contributed by atoms with van der Waals surface area (Å²) in [6.07, 6.45) is 1.36. The van der Waals surface area contributed by atoms with Crippen LogP contribution in [0.15, 0.2) is 28.5 Å². The lowest BCUT2D eigenvalue weighted by Crippen LogP contribution is -2.12. The first-order valence-electron chi connectivity index (χ1n) is 5.27. The number of hydrogen-bond acceptors (Lipinski definition) is 5. The topological polar surface area (TPSA) is 76.9 Å². The second kappa shape index (κ2) is 4.16. The number of amides is 1. The summed E-state index contributed by atoms with van der Waals surface area (Å²) in [5.74, 6) is -2.03. The third-order valence-electron chi connectivity index (χ3n) is 2.64. The molecule has 1 amide bonds. The SMILES string of the molecule is Cn1ncnc1Sc1cc2c(cc1F)C(=O)C(=O)N2. The lowest BCUT2D eigenvalue weighted by atomic mass is 10.1. The minimum atomic E-state index is -0.741. The summed E-state index contributed by atoms with van der Waals surface area (Å²) in [4.78, 5) is 26.9. The lowest BCUT2D eigenvalue weighted by molar-refractivity contribution is -0.112. The minimum Gasteiger partial charge on any atom is -0.318 e. The zero-order chi connectivity index (χ0) is 13.6. The maximum absolute atomic E-state index is 13.9. The number of fused-ring (bicyclic) bond motifs is 1. The molecular weight excluding hydrogens is 271 g/mol. The Morgan fingerprint density at radius 1 is 1.37 bits per heavy atom. The number of Topliss-reactive ketones (excluding diaryl/α,β-unsaturated/α-hetero) is 1. The van der Waals surface area contributed by atoms with E-state index in [0.717, 1.165) is 17.8 Å². The van der Waals surface area contributed by atoms with Gasteiger partial charge in [0.05, 0.1) is 16.1 Å². The van der Waals surface area contributed by atoms with Crippen LogP contribution in [0.1, 0.15) is 10.4 Å². The van der Waals surface area contributed by atoms with Crippen LogP contribution in [0, 0.1) is 5.82 Å². The average Bonchev–Trinajstić information content (AvgIpc) is 2.88. The van der Waals surface area contributed by atoms with Gasteiger partial charge in [-0.3, -0.25) is 9.59 Å². The number of nitrogens with zero attached hydrogens (tertiary/aromatic N) is 3. The minimum absolute atomic E-state index is 0.0600. The van der Waals surface area contributed by atoms with E-state index in [0.29, 0.717) is 10.8 Å². The molecule has 1 N–H and O–H groups in total. The van der Waals surface area contributed by atoms with Crippen LogP contribution >= 0.6 is 11.8 Å². The molecule has 0 saturated carbocycles. The molecule has 96 valence electrons. The van der Waals surface area contributed by atoms with Gasteiger partial charge in [-0.1, -0.05) is 0 Å². The molecule has 0 aliphatic carbocycles. The first-order chi connectivity index (χ1) is 9.06. The van der Waals surface area contributed by atoms with Crippen LogP contribution in [0.4, 0.5) is 10.1 Å². The van der Waals surface area contributed by atoms with Gasteiger partial charge < -0.3 is 5.32 Å². The molecule has 0 unspecified atom stereocenters. The number of ketones is 1. The van der Waals surface area contributed by atoms with Crippen LogP contribution in [0.3, 0.4) is 0 Å². The third-order valence-corrected chi connectivity index (χ3v) is 3.73. The van der Waals surface area contributed by atoms with Crippen molar-refractivity contribution in [1.29, 1.82) is 0 Å². The Kier molecular flexibility index (Phi) is 2.59. The molecule has 19 heavy (non-hydrogen) atoms. The van der Waals surface area contributed by atoms with Gasteiger partial charge in [0.15, 0.2) is 5.16 Å². The molecule has 1 aromatic carbocycles. The maximum atomic E-state index is 13.9. The quantitative estimate of drug-likeness (QED) is 0.836. The fourth-order valence-electron chi connectivity index (χ4n) is 1.70. The van der Waals surface area contributed by atoms with E-state index in [-0.39, 0.29) is 10.5 Å². The van der Waals surface area contributed by atoms with Gasteiger partial charge in [-0.2, -0.15) is 5.10 Å². The molecule has 0 saturated heterocycles. The van der Waals surface area contributed by atoms with Gasteiger partial charge >= 0.3 is 0 Å². The second-order valence-electron chi connectivity index (χ2n) is 3.88. The summed E-state index contributed by atoms with van der Waals surface area (Å²) >= 11 is 1.07. The second-order valence-corrected chi connectivity index (χ2v) is 4.89. The van der Waals surface area contributed by atoms with Gasteiger partial charge in [0, 0.05) is 7.05 Å². The zero-order valence-corrected chi connectivity index (χ0v) is 10.5. The fraction of sp³-hybridized carbons (Fsp3) is 0.0909. The van der Waals surface area contributed by atoms with Crippen LogP contribution in [-0.2, 0) is 11.8 Å². The molecule has 1 aliphatic rings. The highest BCUT2D eigenvalue weighted by Gasteiger charge is 2.29. The van der Waals surface area contributed by atoms with Crippen molar-refractivity contribution in [3.8, 4) is 0 Å². The van der Waals surface area contributed by atoms with Gasteiger partial charge in [0.2, 0.25) is 0 Å². The molecule has 0 bridgehead atoms. The van der Waals surface area contributed by atoms with E-state index >= 15 is 0 Å². The predicted molar refractivity (Wildman–Crippen MR) is 64.5 cm³/mol. The van der Waals surface area contributed by atoms with E-state index in [1.807, 2.05) is 0 Å². The Morgan fingerprint density at radius 2 is 2.16 bits per heavy atom. The molecule has 3 rings (SSSR count). The number of carbonyl (C=O) groups is 2. The van der Waals surface area contributed by atoms with E-state index in [1.54, 1.807) is 7.05 Å². The largest absolute Gasteiger partial charge is 0.318 e. The number of rotatable bonds is 2. The number of nitrogens with one attached hydrogen (secondary N) is 1. The Labute approximate surface area is 111 Å². The van der Waals surface area contributed by atoms with E-state index in [9.17, 15) is 14.0 Å². The molecule has 2 heterocycles. The Hall–Kier alpha value is -2.22. The highest BCUT2D eigenvalue weighted by Crippen LogP contribution is 2.34. The van der Waals surface area contributed by atoms with Gasteiger partial charge in [0.25, 0.3) is 11.7 Å². The molecule has 0 atom stereocenters. The summed E-state index contributed by atoms with van der Waals surface area (Å²) in [6, 6.07) is 2.49. The lowest BCUT2D eigenvalue weighted by Gasteiger charge is -2.04. The van der Waals surface area contributed by atoms with E-state index < -0.39 is 17.5 Å². The predicted octanol–water partition coefficient (Wildman–Crippen LogP) is 1.24. The highest BCUT2D eigenvalue weighted by molar-refractivity contribution is 7.99. The van der Waals surface area contributed by atoms with Crippen LogP contribution in [-0.4, -0.2) is 26.5 Å². The van der Waals surface area contributed by atoms with Gasteiger partial charge in [-0.25, -0.2) is 14.1 Å². The van der Waals surface area contributed by atoms with Crippen molar-refractivity contribution < 1.29 is 14.0 Å². The van der Waals surface area contributed by atoms with Gasteiger partial charge in [-0.15, -0.1) is 0 Å². The number of carbonyl (C=O) groups excluding carboxylic acids is 2. The number of aryl methyl sites for hydroxylation is 1. The van der Waals surface area contributed by atoms with Crippen LogP contribution in [0.25, 0.3) is 0 Å². The average molecular weight is 278 g/mol. The van der Waals surface area contributed by atoms with Crippen molar-refractivity contribution in [2.75, 3.05) is 5.32 Å². The number of aromatic nitrogens is 3. The third kappa shape index (κ3) is 1.89. The van der Waals surface area contributed by atoms with E-state index in [4.69, 9.17) is 0 Å². The molecule has 8 heteroatoms. The molecule has 0 fully saturated rings. The molecular formula is C11H7FN4O2S. The first kappa shape index (κ1) is 11.8. The normalized spacial score (nSPS) is 13.6. The van der Waals surface area contributed by atoms with Crippen molar-refractivity contribution >= 4 is 29.1 Å². The Balaban J connectivity index is 2.01. The Morgan fingerprint density at radius 3 is 2.84 bits per heavy atom. The maximum Gasteiger partial charge on any atom is 0.296 e. The van der Waals surface area contributed by atoms with Crippen LogP contribution < -0.4 is 5.32 Å². The summed E-state index contributed by atoms with van der Waals surface area (Å²) < 4.78 is 15.4. The molecule has 0 radical (unpaired) electrons. The van der Waals surface area contributed by atoms with Gasteiger partial charge in [0.1, 0.15) is 12.1 Å². The van der Waals surface area contributed by atoms with Crippen molar-refractivity contribution in [1.82, 2.24) is 14.8 Å². The van der Waals surface area contributed by atoms with Crippen molar-refractivity contribution in [2.45, 2.75) is 10.1 Å². The molecule has 1 aliphatic heterocycles. The highest BCUT2D eigenvalue weighted by atomic mass is 32.2. The summed E-state index contributed by atoms with van der Waals surface area (Å²) in [6.45, 7) is 0. The van der Waals surface area contributed by atoms with Crippen LogP contribution in [0.5, 0.6) is 0 Å². The van der Waals surface area contributed by atoms with Crippen molar-refractivity contribution in [2.24, 2.45) is 7.05 Å². The number of hydrogen-bond donors (Lipinski definition) is 1. The molecule has 6 nitrogen and oxygen atoms in total.